The lowest BCUT2D eigenvalue weighted by molar-refractivity contribution is 0.0661. The van der Waals surface area contributed by atoms with Crippen LogP contribution in [0.25, 0.3) is 0 Å². The molecule has 0 N–H and O–H groups in total. The van der Waals surface area contributed by atoms with Crippen LogP contribution in [-0.4, -0.2) is 24.3 Å². The summed E-state index contributed by atoms with van der Waals surface area (Å²) in [6.07, 6.45) is 2.25. The number of pyridine rings is 1. The van der Waals surface area contributed by atoms with Crippen LogP contribution < -0.4 is 4.74 Å². The van der Waals surface area contributed by atoms with Gasteiger partial charge in [-0.1, -0.05) is 0 Å². The molecule has 1 atom stereocenters. The summed E-state index contributed by atoms with van der Waals surface area (Å²) in [4.78, 5) is 4.27. The zero-order chi connectivity index (χ0) is 12.3. The van der Waals surface area contributed by atoms with Crippen LogP contribution in [0.1, 0.15) is 29.7 Å². The number of rotatable bonds is 3. The van der Waals surface area contributed by atoms with E-state index in [1.807, 2.05) is 19.9 Å². The largest absolute Gasteiger partial charge is 0.474 e. The third kappa shape index (κ3) is 2.75. The van der Waals surface area contributed by atoms with E-state index in [0.29, 0.717) is 18.1 Å². The van der Waals surface area contributed by atoms with Crippen molar-refractivity contribution in [3.05, 3.63) is 22.9 Å². The minimum Gasteiger partial charge on any atom is -0.474 e. The zero-order valence-corrected chi connectivity index (χ0v) is 10.2. The summed E-state index contributed by atoms with van der Waals surface area (Å²) < 4.78 is 11.1. The highest BCUT2D eigenvalue weighted by molar-refractivity contribution is 5.45. The molecule has 2 rings (SSSR count). The highest BCUT2D eigenvalue weighted by Gasteiger charge is 2.18. The lowest BCUT2D eigenvalue weighted by atomic mass is 10.1. The zero-order valence-electron chi connectivity index (χ0n) is 10.2. The molecule has 17 heavy (non-hydrogen) atoms. The number of nitriles is 1. The number of aryl methyl sites for hydroxylation is 2. The van der Waals surface area contributed by atoms with Gasteiger partial charge < -0.3 is 9.47 Å². The molecule has 1 aliphatic rings. The SMILES string of the molecule is Cc1cc(C)c(C#N)c(OC[C@H]2CCCO2)n1. The number of nitrogens with zero attached hydrogens (tertiary/aromatic N) is 2. The molecule has 0 saturated carbocycles. The van der Waals surface area contributed by atoms with Gasteiger partial charge in [0.1, 0.15) is 18.2 Å². The molecule has 0 aromatic carbocycles. The summed E-state index contributed by atoms with van der Waals surface area (Å²) >= 11 is 0. The Morgan fingerprint density at radius 1 is 1.59 bits per heavy atom. The Labute approximate surface area is 101 Å². The van der Waals surface area contributed by atoms with Gasteiger partial charge in [0.25, 0.3) is 0 Å². The van der Waals surface area contributed by atoms with Gasteiger partial charge in [0.2, 0.25) is 5.88 Å². The van der Waals surface area contributed by atoms with Crippen LogP contribution in [-0.2, 0) is 4.74 Å². The number of aromatic nitrogens is 1. The Morgan fingerprint density at radius 3 is 3.06 bits per heavy atom. The van der Waals surface area contributed by atoms with Crippen LogP contribution in [0.5, 0.6) is 5.88 Å². The van der Waals surface area contributed by atoms with E-state index in [1.54, 1.807) is 0 Å². The lowest BCUT2D eigenvalue weighted by Gasteiger charge is -2.13. The van der Waals surface area contributed by atoms with E-state index < -0.39 is 0 Å². The van der Waals surface area contributed by atoms with Crippen molar-refractivity contribution in [1.82, 2.24) is 4.98 Å². The lowest BCUT2D eigenvalue weighted by Crippen LogP contribution is -2.17. The molecular formula is C13H16N2O2. The fourth-order valence-corrected chi connectivity index (χ4v) is 1.99. The molecule has 0 amide bonds. The molecule has 0 unspecified atom stereocenters. The fourth-order valence-electron chi connectivity index (χ4n) is 1.99. The van der Waals surface area contributed by atoms with E-state index in [1.165, 1.54) is 0 Å². The number of hydrogen-bond donors (Lipinski definition) is 0. The average molecular weight is 232 g/mol. The molecule has 1 aliphatic heterocycles. The number of hydrogen-bond acceptors (Lipinski definition) is 4. The van der Waals surface area contributed by atoms with Crippen molar-refractivity contribution < 1.29 is 9.47 Å². The van der Waals surface area contributed by atoms with Gasteiger partial charge in [-0.15, -0.1) is 0 Å². The summed E-state index contributed by atoms with van der Waals surface area (Å²) in [6, 6.07) is 4.02. The quantitative estimate of drug-likeness (QED) is 0.801. The van der Waals surface area contributed by atoms with Crippen molar-refractivity contribution >= 4 is 0 Å². The minimum absolute atomic E-state index is 0.143. The maximum Gasteiger partial charge on any atom is 0.232 e. The first-order chi connectivity index (χ1) is 8.20. The molecule has 4 nitrogen and oxygen atoms in total. The van der Waals surface area contributed by atoms with Crippen molar-refractivity contribution in [3.63, 3.8) is 0 Å². The van der Waals surface area contributed by atoms with Crippen LogP contribution in [0.15, 0.2) is 6.07 Å². The maximum atomic E-state index is 9.08. The summed E-state index contributed by atoms with van der Waals surface area (Å²) in [5, 5.41) is 9.08. The fraction of sp³-hybridized carbons (Fsp3) is 0.538. The molecular weight excluding hydrogens is 216 g/mol. The van der Waals surface area contributed by atoms with E-state index in [0.717, 1.165) is 30.7 Å². The molecule has 0 aliphatic carbocycles. The van der Waals surface area contributed by atoms with Crippen LogP contribution in [0.4, 0.5) is 0 Å². The van der Waals surface area contributed by atoms with Gasteiger partial charge in [0, 0.05) is 12.3 Å². The third-order valence-electron chi connectivity index (χ3n) is 2.85. The molecule has 1 fully saturated rings. The molecule has 0 spiro atoms. The van der Waals surface area contributed by atoms with E-state index in [9.17, 15) is 0 Å². The second kappa shape index (κ2) is 5.15. The Morgan fingerprint density at radius 2 is 2.41 bits per heavy atom. The van der Waals surface area contributed by atoms with Gasteiger partial charge in [0.05, 0.1) is 6.10 Å². The molecule has 1 aromatic rings. The van der Waals surface area contributed by atoms with Gasteiger partial charge in [-0.2, -0.15) is 5.26 Å². The van der Waals surface area contributed by atoms with Crippen LogP contribution in [0, 0.1) is 25.2 Å². The Hall–Kier alpha value is -1.60. The van der Waals surface area contributed by atoms with Gasteiger partial charge in [-0.25, -0.2) is 4.98 Å². The van der Waals surface area contributed by atoms with Crippen molar-refractivity contribution in [1.29, 1.82) is 5.26 Å². The molecule has 0 radical (unpaired) electrons. The van der Waals surface area contributed by atoms with E-state index in [2.05, 4.69) is 11.1 Å². The Balaban J connectivity index is 2.11. The predicted octanol–water partition coefficient (Wildman–Crippen LogP) is 2.13. The summed E-state index contributed by atoms with van der Waals surface area (Å²) in [5.74, 6) is 0.431. The molecule has 2 heterocycles. The second-order valence-electron chi connectivity index (χ2n) is 4.32. The topological polar surface area (TPSA) is 55.1 Å². The van der Waals surface area contributed by atoms with Crippen molar-refractivity contribution in [2.75, 3.05) is 13.2 Å². The van der Waals surface area contributed by atoms with E-state index in [-0.39, 0.29) is 6.10 Å². The summed E-state index contributed by atoms with van der Waals surface area (Å²) in [6.45, 7) is 5.07. The first-order valence-electron chi connectivity index (χ1n) is 5.83. The highest BCUT2D eigenvalue weighted by atomic mass is 16.5. The molecule has 1 aromatic heterocycles. The minimum atomic E-state index is 0.143. The first-order valence-corrected chi connectivity index (χ1v) is 5.83. The van der Waals surface area contributed by atoms with Crippen LogP contribution >= 0.6 is 0 Å². The molecule has 90 valence electrons. The van der Waals surface area contributed by atoms with Crippen molar-refractivity contribution in [2.45, 2.75) is 32.8 Å². The molecule has 0 bridgehead atoms. The second-order valence-corrected chi connectivity index (χ2v) is 4.32. The van der Waals surface area contributed by atoms with Crippen LogP contribution in [0.3, 0.4) is 0 Å². The van der Waals surface area contributed by atoms with Gasteiger partial charge in [-0.05, 0) is 38.3 Å². The normalized spacial score (nSPS) is 19.0. The van der Waals surface area contributed by atoms with Crippen molar-refractivity contribution in [3.8, 4) is 11.9 Å². The Bertz CT molecular complexity index is 445. The molecule has 1 saturated heterocycles. The monoisotopic (exact) mass is 232 g/mol. The van der Waals surface area contributed by atoms with Gasteiger partial charge >= 0.3 is 0 Å². The smallest absolute Gasteiger partial charge is 0.232 e. The van der Waals surface area contributed by atoms with Gasteiger partial charge in [-0.3, -0.25) is 0 Å². The highest BCUT2D eigenvalue weighted by Crippen LogP contribution is 2.21. The first kappa shape index (κ1) is 11.9. The summed E-state index contributed by atoms with van der Waals surface area (Å²) in [5.41, 5.74) is 2.29. The summed E-state index contributed by atoms with van der Waals surface area (Å²) in [7, 11) is 0. The number of ether oxygens (including phenoxy) is 2. The third-order valence-corrected chi connectivity index (χ3v) is 2.85. The van der Waals surface area contributed by atoms with Gasteiger partial charge in [0.15, 0.2) is 0 Å². The predicted molar refractivity (Wildman–Crippen MR) is 62.9 cm³/mol. The standard InChI is InChI=1S/C13H16N2O2/c1-9-6-10(2)15-13(12(9)7-14)17-8-11-4-3-5-16-11/h6,11H,3-5,8H2,1-2H3/t11-/m1/s1. The Kier molecular flexibility index (Phi) is 3.60. The van der Waals surface area contributed by atoms with E-state index >= 15 is 0 Å². The van der Waals surface area contributed by atoms with Crippen molar-refractivity contribution in [2.24, 2.45) is 0 Å². The molecule has 4 heteroatoms. The van der Waals surface area contributed by atoms with Crippen LogP contribution in [0.2, 0.25) is 0 Å². The van der Waals surface area contributed by atoms with E-state index in [4.69, 9.17) is 14.7 Å². The maximum absolute atomic E-state index is 9.08. The average Bonchev–Trinajstić information content (AvgIpc) is 2.78.